The Balaban J connectivity index is 3.18. The van der Waals surface area contributed by atoms with Crippen molar-refractivity contribution in [2.75, 3.05) is 26.9 Å². The Kier molecular flexibility index (Phi) is 9.35. The van der Waals surface area contributed by atoms with Gasteiger partial charge in [0.05, 0.1) is 12.7 Å². The van der Waals surface area contributed by atoms with Gasteiger partial charge < -0.3 is 14.8 Å². The summed E-state index contributed by atoms with van der Waals surface area (Å²) in [6, 6.07) is 0.584. The van der Waals surface area contributed by atoms with Gasteiger partial charge in [-0.2, -0.15) is 0 Å². The average Bonchev–Trinajstić information content (AvgIpc) is 2.21. The smallest absolute Gasteiger partial charge is 0.0780 e. The quantitative estimate of drug-likeness (QED) is 0.580. The summed E-state index contributed by atoms with van der Waals surface area (Å²) in [5, 5.41) is 3.21. The average molecular weight is 203 g/mol. The molecule has 0 radical (unpaired) electrons. The molecule has 0 aromatic rings. The van der Waals surface area contributed by atoms with Crippen molar-refractivity contribution >= 4 is 0 Å². The van der Waals surface area contributed by atoms with E-state index < -0.39 is 0 Å². The van der Waals surface area contributed by atoms with Gasteiger partial charge in [-0.15, -0.1) is 0 Å². The molecule has 0 aliphatic heterocycles. The van der Waals surface area contributed by atoms with Crippen LogP contribution < -0.4 is 5.32 Å². The number of hydrogen-bond donors (Lipinski definition) is 1. The Morgan fingerprint density at radius 3 is 2.57 bits per heavy atom. The van der Waals surface area contributed by atoms with Crippen molar-refractivity contribution < 1.29 is 9.47 Å². The van der Waals surface area contributed by atoms with E-state index in [0.29, 0.717) is 12.6 Å². The third-order valence-electron chi connectivity index (χ3n) is 2.23. The van der Waals surface area contributed by atoms with Crippen molar-refractivity contribution in [3.63, 3.8) is 0 Å². The van der Waals surface area contributed by atoms with Crippen LogP contribution in [0.4, 0.5) is 0 Å². The van der Waals surface area contributed by atoms with E-state index in [9.17, 15) is 0 Å². The first kappa shape index (κ1) is 13.9. The predicted molar refractivity (Wildman–Crippen MR) is 59.7 cm³/mol. The number of ether oxygens (including phenoxy) is 2. The molecule has 0 spiro atoms. The molecule has 3 heteroatoms. The van der Waals surface area contributed by atoms with Crippen molar-refractivity contribution in [2.45, 2.75) is 45.8 Å². The van der Waals surface area contributed by atoms with Crippen molar-refractivity contribution in [3.8, 4) is 0 Å². The Hall–Kier alpha value is -0.120. The van der Waals surface area contributed by atoms with Crippen LogP contribution >= 0.6 is 0 Å². The third-order valence-corrected chi connectivity index (χ3v) is 2.23. The minimum absolute atomic E-state index is 0.222. The highest BCUT2D eigenvalue weighted by atomic mass is 16.5. The van der Waals surface area contributed by atoms with Crippen LogP contribution in [0.5, 0.6) is 0 Å². The number of hydrogen-bond acceptors (Lipinski definition) is 3. The molecule has 3 nitrogen and oxygen atoms in total. The summed E-state index contributed by atoms with van der Waals surface area (Å²) in [5.74, 6) is 0. The summed E-state index contributed by atoms with van der Waals surface area (Å²) in [7, 11) is 1.99. The van der Waals surface area contributed by atoms with Crippen molar-refractivity contribution in [3.05, 3.63) is 0 Å². The highest BCUT2D eigenvalue weighted by molar-refractivity contribution is 4.56. The topological polar surface area (TPSA) is 30.5 Å². The molecule has 2 unspecified atom stereocenters. The number of nitrogens with one attached hydrogen (secondary N) is 1. The predicted octanol–water partition coefficient (Wildman–Crippen LogP) is 1.82. The highest BCUT2D eigenvalue weighted by Crippen LogP contribution is 1.99. The zero-order valence-electron chi connectivity index (χ0n) is 10.0. The van der Waals surface area contributed by atoms with Gasteiger partial charge in [-0.1, -0.05) is 0 Å². The van der Waals surface area contributed by atoms with Gasteiger partial charge in [0.2, 0.25) is 0 Å². The second kappa shape index (κ2) is 9.44. The van der Waals surface area contributed by atoms with E-state index in [1.807, 2.05) is 14.0 Å². The van der Waals surface area contributed by atoms with Gasteiger partial charge in [0.1, 0.15) is 0 Å². The molecule has 1 N–H and O–H groups in total. The lowest BCUT2D eigenvalue weighted by Gasteiger charge is -2.14. The molecule has 2 atom stereocenters. The fourth-order valence-electron chi connectivity index (χ4n) is 1.15. The SMILES string of the molecule is CCOCC(C)OCCCC(C)NC. The summed E-state index contributed by atoms with van der Waals surface area (Å²) in [5.41, 5.74) is 0. The first-order valence-electron chi connectivity index (χ1n) is 5.57. The van der Waals surface area contributed by atoms with Crippen LogP contribution in [0, 0.1) is 0 Å². The fourth-order valence-corrected chi connectivity index (χ4v) is 1.15. The van der Waals surface area contributed by atoms with Crippen LogP contribution in [-0.4, -0.2) is 39.0 Å². The molecule has 0 amide bonds. The number of rotatable bonds is 9. The Morgan fingerprint density at radius 1 is 1.29 bits per heavy atom. The van der Waals surface area contributed by atoms with Crippen LogP contribution in [0.25, 0.3) is 0 Å². The lowest BCUT2D eigenvalue weighted by Crippen LogP contribution is -2.22. The standard InChI is InChI=1S/C11H25NO2/c1-5-13-9-11(3)14-8-6-7-10(2)12-4/h10-12H,5-9H2,1-4H3. The molecule has 0 aliphatic carbocycles. The van der Waals surface area contributed by atoms with Crippen LogP contribution in [0.3, 0.4) is 0 Å². The van der Waals surface area contributed by atoms with Crippen LogP contribution in [-0.2, 0) is 9.47 Å². The highest BCUT2D eigenvalue weighted by Gasteiger charge is 2.02. The molecule has 0 bridgehead atoms. The van der Waals surface area contributed by atoms with Gasteiger partial charge in [-0.3, -0.25) is 0 Å². The Morgan fingerprint density at radius 2 is 2.00 bits per heavy atom. The van der Waals surface area contributed by atoms with Crippen LogP contribution in [0.15, 0.2) is 0 Å². The Labute approximate surface area is 88.2 Å². The lowest BCUT2D eigenvalue weighted by molar-refractivity contribution is -0.00487. The maximum atomic E-state index is 5.59. The molecule has 0 saturated carbocycles. The van der Waals surface area contributed by atoms with Gasteiger partial charge in [0, 0.05) is 19.3 Å². The normalized spacial score (nSPS) is 15.4. The Bertz CT molecular complexity index is 120. The summed E-state index contributed by atoms with van der Waals surface area (Å²) in [6.07, 6.45) is 2.50. The molecule has 0 aromatic carbocycles. The largest absolute Gasteiger partial charge is 0.379 e. The molecule has 0 rings (SSSR count). The molecule has 0 aliphatic rings. The molecule has 0 saturated heterocycles. The van der Waals surface area contributed by atoms with Gasteiger partial charge in [0.25, 0.3) is 0 Å². The van der Waals surface area contributed by atoms with E-state index in [4.69, 9.17) is 9.47 Å². The minimum Gasteiger partial charge on any atom is -0.379 e. The van der Waals surface area contributed by atoms with Gasteiger partial charge in [-0.05, 0) is 40.7 Å². The van der Waals surface area contributed by atoms with Crippen LogP contribution in [0.2, 0.25) is 0 Å². The zero-order valence-corrected chi connectivity index (χ0v) is 10.0. The van der Waals surface area contributed by atoms with E-state index in [1.165, 1.54) is 0 Å². The maximum absolute atomic E-state index is 5.59. The summed E-state index contributed by atoms with van der Waals surface area (Å²) in [6.45, 7) is 8.55. The molecule has 0 fully saturated rings. The molecule has 14 heavy (non-hydrogen) atoms. The van der Waals surface area contributed by atoms with Crippen molar-refractivity contribution in [1.29, 1.82) is 0 Å². The molecule has 86 valence electrons. The first-order chi connectivity index (χ1) is 6.70. The summed E-state index contributed by atoms with van der Waals surface area (Å²) < 4.78 is 10.8. The van der Waals surface area contributed by atoms with E-state index in [1.54, 1.807) is 0 Å². The minimum atomic E-state index is 0.222. The van der Waals surface area contributed by atoms with E-state index >= 15 is 0 Å². The monoisotopic (exact) mass is 203 g/mol. The lowest BCUT2D eigenvalue weighted by atomic mass is 10.2. The second-order valence-corrected chi connectivity index (χ2v) is 3.67. The molecule has 0 heterocycles. The zero-order chi connectivity index (χ0) is 10.8. The molecular weight excluding hydrogens is 178 g/mol. The van der Waals surface area contributed by atoms with E-state index in [0.717, 1.165) is 26.1 Å². The summed E-state index contributed by atoms with van der Waals surface area (Å²) >= 11 is 0. The van der Waals surface area contributed by atoms with Crippen molar-refractivity contribution in [2.24, 2.45) is 0 Å². The van der Waals surface area contributed by atoms with Crippen molar-refractivity contribution in [1.82, 2.24) is 5.32 Å². The second-order valence-electron chi connectivity index (χ2n) is 3.67. The van der Waals surface area contributed by atoms with Crippen LogP contribution in [0.1, 0.15) is 33.6 Å². The first-order valence-corrected chi connectivity index (χ1v) is 5.57. The molecular formula is C11H25NO2. The fraction of sp³-hybridized carbons (Fsp3) is 1.00. The van der Waals surface area contributed by atoms with E-state index in [2.05, 4.69) is 19.2 Å². The van der Waals surface area contributed by atoms with E-state index in [-0.39, 0.29) is 6.10 Å². The maximum Gasteiger partial charge on any atom is 0.0780 e. The van der Waals surface area contributed by atoms with Gasteiger partial charge in [-0.25, -0.2) is 0 Å². The third kappa shape index (κ3) is 8.48. The van der Waals surface area contributed by atoms with Gasteiger partial charge >= 0.3 is 0 Å². The molecule has 0 aromatic heterocycles. The summed E-state index contributed by atoms with van der Waals surface area (Å²) in [4.78, 5) is 0. The van der Waals surface area contributed by atoms with Gasteiger partial charge in [0.15, 0.2) is 0 Å².